The fourth-order valence-electron chi connectivity index (χ4n) is 2.41. The fourth-order valence-corrected chi connectivity index (χ4v) is 2.41. The van der Waals surface area contributed by atoms with Crippen LogP contribution in [0.25, 0.3) is 0 Å². The molecule has 1 rings (SSSR count). The molecule has 130 valence electrons. The number of aryl methyl sites for hydroxylation is 1. The predicted molar refractivity (Wildman–Crippen MR) is 96.5 cm³/mol. The van der Waals surface area contributed by atoms with Crippen LogP contribution in [-0.4, -0.2) is 44.1 Å². The Labute approximate surface area is 140 Å². The standard InChI is InChI=1S/C18H31FN4/c1-6-23(7-2)12-8-11-21-18(20-5)22-15(4)16-10-9-14(3)17(19)13-16/h9-10,13,15H,6-8,11-12H2,1-5H3,(H2,20,21,22). The van der Waals surface area contributed by atoms with Crippen LogP contribution < -0.4 is 10.6 Å². The topological polar surface area (TPSA) is 39.7 Å². The monoisotopic (exact) mass is 322 g/mol. The molecule has 0 aromatic heterocycles. The maximum Gasteiger partial charge on any atom is 0.191 e. The van der Waals surface area contributed by atoms with Crippen LogP contribution in [0.5, 0.6) is 0 Å². The molecule has 0 aliphatic rings. The lowest BCUT2D eigenvalue weighted by molar-refractivity contribution is 0.300. The Morgan fingerprint density at radius 3 is 2.57 bits per heavy atom. The van der Waals surface area contributed by atoms with Gasteiger partial charge in [0.05, 0.1) is 6.04 Å². The average molecular weight is 322 g/mol. The van der Waals surface area contributed by atoms with Gasteiger partial charge in [0.1, 0.15) is 5.82 Å². The minimum absolute atomic E-state index is 0.000850. The third-order valence-electron chi connectivity index (χ3n) is 4.11. The summed E-state index contributed by atoms with van der Waals surface area (Å²) in [4.78, 5) is 6.64. The summed E-state index contributed by atoms with van der Waals surface area (Å²) in [5.41, 5.74) is 1.58. The Hall–Kier alpha value is -1.62. The Bertz CT molecular complexity index is 498. The third-order valence-corrected chi connectivity index (χ3v) is 4.11. The van der Waals surface area contributed by atoms with Gasteiger partial charge >= 0.3 is 0 Å². The summed E-state index contributed by atoms with van der Waals surface area (Å²) in [7, 11) is 1.75. The van der Waals surface area contributed by atoms with Crippen molar-refractivity contribution in [2.24, 2.45) is 4.99 Å². The highest BCUT2D eigenvalue weighted by molar-refractivity contribution is 5.80. The van der Waals surface area contributed by atoms with Crippen molar-refractivity contribution in [1.82, 2.24) is 15.5 Å². The van der Waals surface area contributed by atoms with Crippen molar-refractivity contribution >= 4 is 5.96 Å². The van der Waals surface area contributed by atoms with E-state index in [1.807, 2.05) is 19.1 Å². The van der Waals surface area contributed by atoms with Gasteiger partial charge < -0.3 is 15.5 Å². The Balaban J connectivity index is 2.45. The lowest BCUT2D eigenvalue weighted by Crippen LogP contribution is -2.40. The van der Waals surface area contributed by atoms with E-state index < -0.39 is 0 Å². The molecule has 5 heteroatoms. The number of halogens is 1. The maximum absolute atomic E-state index is 13.7. The van der Waals surface area contributed by atoms with E-state index in [1.165, 1.54) is 0 Å². The number of nitrogens with one attached hydrogen (secondary N) is 2. The molecule has 1 unspecified atom stereocenters. The van der Waals surface area contributed by atoms with E-state index in [0.29, 0.717) is 5.56 Å². The van der Waals surface area contributed by atoms with Crippen LogP contribution in [0.4, 0.5) is 4.39 Å². The first-order chi connectivity index (χ1) is 11.0. The summed E-state index contributed by atoms with van der Waals surface area (Å²) in [5, 5.41) is 6.62. The molecule has 0 saturated carbocycles. The van der Waals surface area contributed by atoms with Gasteiger partial charge in [-0.3, -0.25) is 4.99 Å². The van der Waals surface area contributed by atoms with Crippen LogP contribution in [0.2, 0.25) is 0 Å². The van der Waals surface area contributed by atoms with E-state index in [4.69, 9.17) is 0 Å². The molecule has 4 nitrogen and oxygen atoms in total. The van der Waals surface area contributed by atoms with E-state index in [-0.39, 0.29) is 11.9 Å². The zero-order valence-corrected chi connectivity index (χ0v) is 15.1. The van der Waals surface area contributed by atoms with Crippen LogP contribution >= 0.6 is 0 Å². The van der Waals surface area contributed by atoms with E-state index in [0.717, 1.165) is 44.1 Å². The number of hydrogen-bond acceptors (Lipinski definition) is 2. The van der Waals surface area contributed by atoms with Gasteiger partial charge in [-0.05, 0) is 57.1 Å². The van der Waals surface area contributed by atoms with Gasteiger partial charge in [-0.15, -0.1) is 0 Å². The molecule has 0 aliphatic carbocycles. The molecule has 1 aromatic rings. The van der Waals surface area contributed by atoms with E-state index in [9.17, 15) is 4.39 Å². The lowest BCUT2D eigenvalue weighted by atomic mass is 10.1. The normalized spacial score (nSPS) is 13.3. The average Bonchev–Trinajstić information content (AvgIpc) is 2.56. The van der Waals surface area contributed by atoms with Crippen molar-refractivity contribution in [2.45, 2.75) is 40.2 Å². The molecule has 0 spiro atoms. The van der Waals surface area contributed by atoms with Gasteiger partial charge in [0, 0.05) is 13.6 Å². The number of guanidine groups is 1. The molecule has 2 N–H and O–H groups in total. The summed E-state index contributed by atoms with van der Waals surface area (Å²) in [6, 6.07) is 5.34. The minimum Gasteiger partial charge on any atom is -0.356 e. The summed E-state index contributed by atoms with van der Waals surface area (Å²) < 4.78 is 13.7. The summed E-state index contributed by atoms with van der Waals surface area (Å²) in [6.07, 6.45) is 1.07. The maximum atomic E-state index is 13.7. The zero-order valence-electron chi connectivity index (χ0n) is 15.1. The summed E-state index contributed by atoms with van der Waals surface area (Å²) in [5.74, 6) is 0.580. The number of rotatable bonds is 8. The molecule has 0 fully saturated rings. The largest absolute Gasteiger partial charge is 0.356 e. The molecule has 0 heterocycles. The van der Waals surface area contributed by atoms with Crippen molar-refractivity contribution in [3.8, 4) is 0 Å². The molecule has 0 radical (unpaired) electrons. The minimum atomic E-state index is -0.168. The van der Waals surface area contributed by atoms with E-state index in [2.05, 4.69) is 34.4 Å². The van der Waals surface area contributed by atoms with Crippen molar-refractivity contribution in [3.63, 3.8) is 0 Å². The molecule has 1 aromatic carbocycles. The molecule has 1 atom stereocenters. The van der Waals surface area contributed by atoms with E-state index >= 15 is 0 Å². The van der Waals surface area contributed by atoms with Crippen LogP contribution in [-0.2, 0) is 0 Å². The van der Waals surface area contributed by atoms with Crippen molar-refractivity contribution in [2.75, 3.05) is 33.2 Å². The summed E-state index contributed by atoms with van der Waals surface area (Å²) in [6.45, 7) is 12.2. The number of benzene rings is 1. The van der Waals surface area contributed by atoms with Gasteiger partial charge in [0.15, 0.2) is 5.96 Å². The first-order valence-corrected chi connectivity index (χ1v) is 8.47. The van der Waals surface area contributed by atoms with Crippen molar-refractivity contribution < 1.29 is 4.39 Å². The molecule has 0 bridgehead atoms. The Morgan fingerprint density at radius 1 is 1.30 bits per heavy atom. The highest BCUT2D eigenvalue weighted by Crippen LogP contribution is 2.16. The highest BCUT2D eigenvalue weighted by atomic mass is 19.1. The SMILES string of the molecule is CCN(CC)CCCNC(=NC)NC(C)c1ccc(C)c(F)c1. The Kier molecular flexibility index (Phi) is 8.62. The van der Waals surface area contributed by atoms with Gasteiger partial charge in [-0.2, -0.15) is 0 Å². The second kappa shape index (κ2) is 10.2. The van der Waals surface area contributed by atoms with Crippen molar-refractivity contribution in [3.05, 3.63) is 35.1 Å². The van der Waals surface area contributed by atoms with Crippen LogP contribution in [0, 0.1) is 12.7 Å². The van der Waals surface area contributed by atoms with Gasteiger partial charge in [0.2, 0.25) is 0 Å². The molecule has 0 aliphatic heterocycles. The number of hydrogen-bond donors (Lipinski definition) is 2. The zero-order chi connectivity index (χ0) is 17.2. The third kappa shape index (κ3) is 6.57. The number of nitrogens with zero attached hydrogens (tertiary/aromatic N) is 2. The van der Waals surface area contributed by atoms with Crippen LogP contribution in [0.15, 0.2) is 23.2 Å². The van der Waals surface area contributed by atoms with Crippen molar-refractivity contribution in [1.29, 1.82) is 0 Å². The predicted octanol–water partition coefficient (Wildman–Crippen LogP) is 3.09. The molecule has 0 amide bonds. The molecule has 0 saturated heterocycles. The smallest absolute Gasteiger partial charge is 0.191 e. The molecular weight excluding hydrogens is 291 g/mol. The quantitative estimate of drug-likeness (QED) is 0.439. The second-order valence-electron chi connectivity index (χ2n) is 5.75. The first-order valence-electron chi connectivity index (χ1n) is 8.47. The molecule has 23 heavy (non-hydrogen) atoms. The second-order valence-corrected chi connectivity index (χ2v) is 5.75. The Morgan fingerprint density at radius 2 is 2.00 bits per heavy atom. The van der Waals surface area contributed by atoms with Crippen LogP contribution in [0.3, 0.4) is 0 Å². The lowest BCUT2D eigenvalue weighted by Gasteiger charge is -2.20. The fraction of sp³-hybridized carbons (Fsp3) is 0.611. The van der Waals surface area contributed by atoms with Gasteiger partial charge in [0.25, 0.3) is 0 Å². The van der Waals surface area contributed by atoms with E-state index in [1.54, 1.807) is 20.0 Å². The van der Waals surface area contributed by atoms with Gasteiger partial charge in [-0.25, -0.2) is 4.39 Å². The highest BCUT2D eigenvalue weighted by Gasteiger charge is 2.09. The van der Waals surface area contributed by atoms with Crippen LogP contribution in [0.1, 0.15) is 44.4 Å². The first kappa shape index (κ1) is 19.4. The van der Waals surface area contributed by atoms with Gasteiger partial charge in [-0.1, -0.05) is 26.0 Å². The summed E-state index contributed by atoms with van der Waals surface area (Å²) >= 11 is 0. The number of aliphatic imine (C=N–C) groups is 1. The molecular formula is C18H31FN4.